The van der Waals surface area contributed by atoms with Crippen LogP contribution in [0.5, 0.6) is 5.75 Å². The first-order valence-electron chi connectivity index (χ1n) is 9.31. The molecule has 4 rings (SSSR count). The van der Waals surface area contributed by atoms with E-state index in [-0.39, 0.29) is 17.9 Å². The van der Waals surface area contributed by atoms with Crippen molar-refractivity contribution in [3.63, 3.8) is 0 Å². The van der Waals surface area contributed by atoms with Crippen LogP contribution >= 0.6 is 34.5 Å². The first kappa shape index (κ1) is 21.4. The highest BCUT2D eigenvalue weighted by Gasteiger charge is 2.46. The van der Waals surface area contributed by atoms with E-state index < -0.39 is 17.7 Å². The summed E-state index contributed by atoms with van der Waals surface area (Å²) in [6.07, 6.45) is 0. The van der Waals surface area contributed by atoms with Crippen LogP contribution < -0.4 is 4.74 Å². The molecule has 1 N–H and O–H groups in total. The zero-order valence-electron chi connectivity index (χ0n) is 16.3. The molecule has 1 amide bonds. The van der Waals surface area contributed by atoms with Gasteiger partial charge in [0, 0.05) is 15.5 Å². The number of methoxy groups -OCH3 is 1. The van der Waals surface area contributed by atoms with Crippen molar-refractivity contribution in [3.05, 3.63) is 91.6 Å². The van der Waals surface area contributed by atoms with Gasteiger partial charge in [-0.2, -0.15) is 0 Å². The lowest BCUT2D eigenvalue weighted by molar-refractivity contribution is -0.140. The summed E-state index contributed by atoms with van der Waals surface area (Å²) in [7, 11) is 1.46. The lowest BCUT2D eigenvalue weighted by Crippen LogP contribution is -2.28. The summed E-state index contributed by atoms with van der Waals surface area (Å²) in [5.74, 6) is -1.36. The number of amides is 1. The molecule has 1 unspecified atom stereocenters. The number of halogens is 2. The Hall–Kier alpha value is -2.80. The Labute approximate surface area is 193 Å². The van der Waals surface area contributed by atoms with E-state index in [2.05, 4.69) is 0 Å². The molecule has 31 heavy (non-hydrogen) atoms. The maximum absolute atomic E-state index is 13.0. The van der Waals surface area contributed by atoms with Crippen molar-refractivity contribution in [2.75, 3.05) is 7.11 Å². The molecule has 3 aromatic rings. The van der Waals surface area contributed by atoms with E-state index in [9.17, 15) is 14.7 Å². The van der Waals surface area contributed by atoms with Crippen molar-refractivity contribution in [2.45, 2.75) is 12.6 Å². The Morgan fingerprint density at radius 2 is 1.87 bits per heavy atom. The van der Waals surface area contributed by atoms with Gasteiger partial charge in [0.15, 0.2) is 0 Å². The molecule has 0 radical (unpaired) electrons. The fraction of sp³-hybridized carbons (Fsp3) is 0.130. The Bertz CT molecular complexity index is 1170. The summed E-state index contributed by atoms with van der Waals surface area (Å²) in [6, 6.07) is 14.6. The molecule has 0 bridgehead atoms. The number of ether oxygens (including phenoxy) is 1. The minimum atomic E-state index is -0.763. The number of carbonyl (C=O) groups is 2. The van der Waals surface area contributed by atoms with Crippen LogP contribution in [-0.2, 0) is 16.1 Å². The predicted octanol–water partition coefficient (Wildman–Crippen LogP) is 5.69. The quantitative estimate of drug-likeness (QED) is 0.293. The minimum Gasteiger partial charge on any atom is -0.507 e. The number of ketones is 1. The number of hydrogen-bond acceptors (Lipinski definition) is 5. The van der Waals surface area contributed by atoms with E-state index >= 15 is 0 Å². The average molecular weight is 474 g/mol. The highest BCUT2D eigenvalue weighted by molar-refractivity contribution is 7.09. The number of likely N-dealkylation sites (tertiary alicyclic amines) is 1. The largest absolute Gasteiger partial charge is 0.507 e. The Balaban J connectivity index is 1.87. The third-order valence-electron chi connectivity index (χ3n) is 5.06. The summed E-state index contributed by atoms with van der Waals surface area (Å²) in [5.41, 5.74) is 1.00. The van der Waals surface area contributed by atoms with Crippen molar-refractivity contribution < 1.29 is 19.4 Å². The molecule has 1 atom stereocenters. The van der Waals surface area contributed by atoms with Crippen LogP contribution in [0.25, 0.3) is 5.76 Å². The van der Waals surface area contributed by atoms with Crippen molar-refractivity contribution >= 4 is 52.0 Å². The number of aliphatic hydroxyl groups excluding tert-OH is 1. The van der Waals surface area contributed by atoms with Gasteiger partial charge in [-0.05, 0) is 47.3 Å². The number of aliphatic hydroxyl groups is 1. The fourth-order valence-electron chi connectivity index (χ4n) is 3.57. The molecule has 5 nitrogen and oxygen atoms in total. The van der Waals surface area contributed by atoms with E-state index in [1.54, 1.807) is 36.4 Å². The normalized spacial score (nSPS) is 17.9. The molecule has 1 aliphatic rings. The number of Topliss-reactive ketones (excluding diaryl/α,β-unsaturated/α-hetero) is 1. The number of nitrogens with zero attached hydrogens (tertiary/aromatic N) is 1. The van der Waals surface area contributed by atoms with Gasteiger partial charge in [-0.1, -0.05) is 41.4 Å². The summed E-state index contributed by atoms with van der Waals surface area (Å²) in [6.45, 7) is 0.246. The summed E-state index contributed by atoms with van der Waals surface area (Å²) in [5, 5.41) is 13.9. The number of thiophene rings is 1. The molecule has 1 fully saturated rings. The molecule has 0 saturated carbocycles. The highest BCUT2D eigenvalue weighted by atomic mass is 35.5. The van der Waals surface area contributed by atoms with Gasteiger partial charge in [0.2, 0.25) is 0 Å². The van der Waals surface area contributed by atoms with Crippen LogP contribution in [0.1, 0.15) is 22.0 Å². The zero-order chi connectivity index (χ0) is 22.1. The maximum Gasteiger partial charge on any atom is 0.295 e. The third kappa shape index (κ3) is 4.06. The number of rotatable bonds is 5. The van der Waals surface area contributed by atoms with Gasteiger partial charge in [0.25, 0.3) is 11.7 Å². The summed E-state index contributed by atoms with van der Waals surface area (Å²) in [4.78, 5) is 28.4. The molecule has 2 aromatic carbocycles. The molecule has 1 saturated heterocycles. The minimum absolute atomic E-state index is 0.00764. The molecule has 0 spiro atoms. The molecule has 1 aromatic heterocycles. The smallest absolute Gasteiger partial charge is 0.295 e. The SMILES string of the molecule is COc1cc(/C(O)=C2/C(=O)C(=O)N(Cc3cccs3)C2c2ccc(Cl)cc2)ccc1Cl. The first-order chi connectivity index (χ1) is 14.9. The van der Waals surface area contributed by atoms with Gasteiger partial charge in [0.1, 0.15) is 11.5 Å². The Morgan fingerprint density at radius 1 is 1.13 bits per heavy atom. The van der Waals surface area contributed by atoms with Crippen LogP contribution in [-0.4, -0.2) is 28.8 Å². The summed E-state index contributed by atoms with van der Waals surface area (Å²) < 4.78 is 5.22. The van der Waals surface area contributed by atoms with Crippen molar-refractivity contribution in [1.82, 2.24) is 4.90 Å². The number of hydrogen-bond donors (Lipinski definition) is 1. The van der Waals surface area contributed by atoms with Gasteiger partial charge in [-0.25, -0.2) is 0 Å². The lowest BCUT2D eigenvalue weighted by Gasteiger charge is -2.25. The standard InChI is InChI=1S/C23H17Cl2NO4S/c1-30-18-11-14(6-9-17(18)25)21(27)19-20(13-4-7-15(24)8-5-13)26(23(29)22(19)28)12-16-3-2-10-31-16/h2-11,20,27H,12H2,1H3/b21-19-. The first-order valence-corrected chi connectivity index (χ1v) is 10.9. The van der Waals surface area contributed by atoms with Crippen LogP contribution in [0.4, 0.5) is 0 Å². The van der Waals surface area contributed by atoms with Crippen LogP contribution in [0.15, 0.2) is 65.6 Å². The Kier molecular flexibility index (Phi) is 6.05. The topological polar surface area (TPSA) is 66.8 Å². The predicted molar refractivity (Wildman–Crippen MR) is 122 cm³/mol. The second-order valence-electron chi connectivity index (χ2n) is 6.91. The van der Waals surface area contributed by atoms with Gasteiger partial charge in [0.05, 0.1) is 30.3 Å². The molecule has 1 aliphatic heterocycles. The van der Waals surface area contributed by atoms with Gasteiger partial charge >= 0.3 is 0 Å². The second-order valence-corrected chi connectivity index (χ2v) is 8.78. The third-order valence-corrected chi connectivity index (χ3v) is 6.48. The molecule has 158 valence electrons. The number of carbonyl (C=O) groups excluding carboxylic acids is 2. The van der Waals surface area contributed by atoms with Crippen molar-refractivity contribution in [1.29, 1.82) is 0 Å². The second kappa shape index (κ2) is 8.75. The summed E-state index contributed by atoms with van der Waals surface area (Å²) >= 11 is 13.6. The molecular formula is C23H17Cl2NO4S. The zero-order valence-corrected chi connectivity index (χ0v) is 18.7. The van der Waals surface area contributed by atoms with E-state index in [1.807, 2.05) is 17.5 Å². The molecule has 2 heterocycles. The number of benzene rings is 2. The van der Waals surface area contributed by atoms with Crippen molar-refractivity contribution in [3.8, 4) is 5.75 Å². The molecule has 0 aliphatic carbocycles. The van der Waals surface area contributed by atoms with E-state index in [0.717, 1.165) is 4.88 Å². The Morgan fingerprint density at radius 3 is 2.52 bits per heavy atom. The lowest BCUT2D eigenvalue weighted by atomic mass is 9.95. The van der Waals surface area contributed by atoms with E-state index in [1.165, 1.54) is 29.4 Å². The fourth-order valence-corrected chi connectivity index (χ4v) is 4.59. The highest BCUT2D eigenvalue weighted by Crippen LogP contribution is 2.41. The molecular weight excluding hydrogens is 457 g/mol. The van der Waals surface area contributed by atoms with Gasteiger partial charge < -0.3 is 14.7 Å². The van der Waals surface area contributed by atoms with E-state index in [4.69, 9.17) is 27.9 Å². The monoisotopic (exact) mass is 473 g/mol. The average Bonchev–Trinajstić information content (AvgIpc) is 3.37. The van der Waals surface area contributed by atoms with Crippen LogP contribution in [0, 0.1) is 0 Å². The van der Waals surface area contributed by atoms with Gasteiger partial charge in [-0.3, -0.25) is 9.59 Å². The van der Waals surface area contributed by atoms with Crippen LogP contribution in [0.3, 0.4) is 0 Å². The van der Waals surface area contributed by atoms with Crippen LogP contribution in [0.2, 0.25) is 10.0 Å². The molecule has 8 heteroatoms. The van der Waals surface area contributed by atoms with Gasteiger partial charge in [-0.15, -0.1) is 11.3 Å². The maximum atomic E-state index is 13.0. The van der Waals surface area contributed by atoms with E-state index in [0.29, 0.717) is 26.9 Å². The van der Waals surface area contributed by atoms with Crippen molar-refractivity contribution in [2.24, 2.45) is 0 Å².